The summed E-state index contributed by atoms with van der Waals surface area (Å²) in [5.41, 5.74) is 2.29. The van der Waals surface area contributed by atoms with E-state index in [9.17, 15) is 9.81 Å². The first kappa shape index (κ1) is 18.5. The van der Waals surface area contributed by atoms with Crippen LogP contribution in [0.15, 0.2) is 89.5 Å². The van der Waals surface area contributed by atoms with Gasteiger partial charge in [0, 0.05) is 12.4 Å². The van der Waals surface area contributed by atoms with Gasteiger partial charge in [0.2, 0.25) is 0 Å². The maximum atomic E-state index is 11.5. The van der Waals surface area contributed by atoms with Crippen LogP contribution in [0.25, 0.3) is 0 Å². The highest BCUT2D eigenvalue weighted by Crippen LogP contribution is 2.37. The molecule has 0 fully saturated rings. The zero-order valence-corrected chi connectivity index (χ0v) is 14.8. The number of hydrogen-bond donors (Lipinski definition) is 0. The molecule has 0 radical (unpaired) electrons. The number of hydrogen-bond acceptors (Lipinski definition) is 6. The molecule has 0 amide bonds. The van der Waals surface area contributed by atoms with Gasteiger partial charge in [-0.3, -0.25) is 9.97 Å². The van der Waals surface area contributed by atoms with Crippen LogP contribution in [0.1, 0.15) is 47.8 Å². The number of pyridine rings is 2. The predicted octanol–water partition coefficient (Wildman–Crippen LogP) is 5.36. The van der Waals surface area contributed by atoms with Gasteiger partial charge in [-0.25, -0.2) is 0 Å². The molecule has 27 heavy (non-hydrogen) atoms. The smallest absolute Gasteiger partial charge is 0.134 e. The van der Waals surface area contributed by atoms with Crippen molar-refractivity contribution >= 4 is 0 Å². The summed E-state index contributed by atoms with van der Waals surface area (Å²) in [7, 11) is 0. The summed E-state index contributed by atoms with van der Waals surface area (Å²) in [6.07, 6.45) is 4.19. The molecule has 0 saturated heterocycles. The van der Waals surface area contributed by atoms with E-state index in [1.54, 1.807) is 36.7 Å². The molecule has 0 aliphatic carbocycles. The van der Waals surface area contributed by atoms with Crippen LogP contribution < -0.4 is 0 Å². The van der Waals surface area contributed by atoms with Crippen molar-refractivity contribution in [3.05, 3.63) is 106 Å². The van der Waals surface area contributed by atoms with E-state index in [2.05, 4.69) is 20.3 Å². The minimum absolute atomic E-state index is 0.0828. The first-order chi connectivity index (χ1) is 13.3. The number of nitroso groups, excluding NO2 is 2. The summed E-state index contributed by atoms with van der Waals surface area (Å²) in [6.45, 7) is 0. The lowest BCUT2D eigenvalue weighted by Gasteiger charge is -2.22. The van der Waals surface area contributed by atoms with E-state index in [-0.39, 0.29) is 5.92 Å². The van der Waals surface area contributed by atoms with E-state index in [1.807, 2.05) is 42.5 Å². The summed E-state index contributed by atoms with van der Waals surface area (Å²) in [6, 6.07) is 19.5. The van der Waals surface area contributed by atoms with Crippen molar-refractivity contribution in [2.75, 3.05) is 0 Å². The lowest BCUT2D eigenvalue weighted by atomic mass is 9.85. The summed E-state index contributed by atoms with van der Waals surface area (Å²) < 4.78 is 0. The van der Waals surface area contributed by atoms with Crippen molar-refractivity contribution in [1.82, 2.24) is 9.97 Å². The molecule has 136 valence electrons. The Labute approximate surface area is 157 Å². The Bertz CT molecular complexity index is 790. The third kappa shape index (κ3) is 4.88. The van der Waals surface area contributed by atoms with Gasteiger partial charge in [-0.2, -0.15) is 9.81 Å². The normalized spacial score (nSPS) is 14.1. The summed E-state index contributed by atoms with van der Waals surface area (Å²) in [5, 5.41) is 6.59. The molecule has 0 N–H and O–H groups in total. The summed E-state index contributed by atoms with van der Waals surface area (Å²) in [5.74, 6) is -0.0828. The quantitative estimate of drug-likeness (QED) is 0.481. The van der Waals surface area contributed by atoms with Gasteiger partial charge in [0.15, 0.2) is 0 Å². The van der Waals surface area contributed by atoms with Gasteiger partial charge in [-0.05, 0) is 48.6 Å². The highest BCUT2D eigenvalue weighted by molar-refractivity contribution is 5.22. The largest absolute Gasteiger partial charge is 0.259 e. The summed E-state index contributed by atoms with van der Waals surface area (Å²) >= 11 is 0. The van der Waals surface area contributed by atoms with Crippen LogP contribution in [0.5, 0.6) is 0 Å². The molecular formula is C21H20N4O2. The Hall–Kier alpha value is -3.28. The maximum Gasteiger partial charge on any atom is 0.134 e. The molecule has 1 aromatic carbocycles. The molecule has 2 unspecified atom stereocenters. The molecule has 3 aromatic rings. The predicted molar refractivity (Wildman–Crippen MR) is 104 cm³/mol. The van der Waals surface area contributed by atoms with Crippen molar-refractivity contribution < 1.29 is 0 Å². The minimum Gasteiger partial charge on any atom is -0.259 e. The first-order valence-corrected chi connectivity index (χ1v) is 8.83. The van der Waals surface area contributed by atoms with E-state index in [0.29, 0.717) is 24.2 Å². The lowest BCUT2D eigenvalue weighted by Crippen LogP contribution is -2.10. The second kappa shape index (κ2) is 9.43. The number of rotatable bonds is 9. The van der Waals surface area contributed by atoms with Gasteiger partial charge in [0.1, 0.15) is 12.1 Å². The third-order valence-corrected chi connectivity index (χ3v) is 4.60. The SMILES string of the molecule is O=NC(CC(CC(N=O)c1ccccn1)c1ccccc1)c1ccccn1. The molecular weight excluding hydrogens is 340 g/mol. The maximum absolute atomic E-state index is 11.5. The van der Waals surface area contributed by atoms with Crippen molar-refractivity contribution in [1.29, 1.82) is 0 Å². The molecule has 2 atom stereocenters. The number of benzene rings is 1. The van der Waals surface area contributed by atoms with Crippen molar-refractivity contribution in [3.63, 3.8) is 0 Å². The zero-order chi connectivity index (χ0) is 18.9. The fourth-order valence-electron chi connectivity index (χ4n) is 3.21. The van der Waals surface area contributed by atoms with Crippen LogP contribution in [-0.2, 0) is 0 Å². The average Bonchev–Trinajstić information content (AvgIpc) is 2.76. The standard InChI is InChI=1S/C21H20N4O2/c26-24-20(18-10-4-6-12-22-18)14-17(16-8-2-1-3-9-16)15-21(25-27)19-11-5-7-13-23-19/h1-13,17,20-21H,14-15H2. The molecule has 0 aliphatic rings. The monoisotopic (exact) mass is 360 g/mol. The fraction of sp³-hybridized carbons (Fsp3) is 0.238. The second-order valence-corrected chi connectivity index (χ2v) is 6.33. The van der Waals surface area contributed by atoms with Crippen LogP contribution in [0.3, 0.4) is 0 Å². The van der Waals surface area contributed by atoms with E-state index in [0.717, 1.165) is 5.56 Å². The highest BCUT2D eigenvalue weighted by atomic mass is 16.3. The van der Waals surface area contributed by atoms with Crippen LogP contribution in [0.4, 0.5) is 0 Å². The third-order valence-electron chi connectivity index (χ3n) is 4.60. The molecule has 0 saturated carbocycles. The lowest BCUT2D eigenvalue weighted by molar-refractivity contribution is 0.464. The molecule has 6 heteroatoms. The highest BCUT2D eigenvalue weighted by Gasteiger charge is 2.26. The van der Waals surface area contributed by atoms with E-state index < -0.39 is 12.1 Å². The summed E-state index contributed by atoms with van der Waals surface area (Å²) in [4.78, 5) is 31.5. The van der Waals surface area contributed by atoms with Gasteiger partial charge in [-0.1, -0.05) is 52.8 Å². The van der Waals surface area contributed by atoms with Crippen LogP contribution in [-0.4, -0.2) is 9.97 Å². The zero-order valence-electron chi connectivity index (χ0n) is 14.8. The Morgan fingerprint density at radius 3 is 1.56 bits per heavy atom. The van der Waals surface area contributed by atoms with Crippen LogP contribution >= 0.6 is 0 Å². The Kier molecular flexibility index (Phi) is 6.46. The van der Waals surface area contributed by atoms with Gasteiger partial charge in [0.25, 0.3) is 0 Å². The molecule has 3 rings (SSSR count). The topological polar surface area (TPSA) is 84.6 Å². The van der Waals surface area contributed by atoms with Crippen molar-refractivity contribution in [2.45, 2.75) is 30.8 Å². The van der Waals surface area contributed by atoms with Crippen molar-refractivity contribution in [2.24, 2.45) is 10.4 Å². The average molecular weight is 360 g/mol. The van der Waals surface area contributed by atoms with Gasteiger partial charge < -0.3 is 0 Å². The van der Waals surface area contributed by atoms with Gasteiger partial charge in [-0.15, -0.1) is 0 Å². The molecule has 0 bridgehead atoms. The number of nitrogens with zero attached hydrogens (tertiary/aromatic N) is 4. The molecule has 6 nitrogen and oxygen atoms in total. The van der Waals surface area contributed by atoms with Crippen molar-refractivity contribution in [3.8, 4) is 0 Å². The van der Waals surface area contributed by atoms with E-state index >= 15 is 0 Å². The van der Waals surface area contributed by atoms with E-state index in [4.69, 9.17) is 0 Å². The molecule has 0 spiro atoms. The Balaban J connectivity index is 1.87. The van der Waals surface area contributed by atoms with Crippen LogP contribution in [0, 0.1) is 9.81 Å². The second-order valence-electron chi connectivity index (χ2n) is 6.33. The molecule has 0 aliphatic heterocycles. The molecule has 2 aromatic heterocycles. The minimum atomic E-state index is -0.590. The number of aromatic nitrogens is 2. The van der Waals surface area contributed by atoms with Gasteiger partial charge >= 0.3 is 0 Å². The Morgan fingerprint density at radius 2 is 1.15 bits per heavy atom. The Morgan fingerprint density at radius 1 is 0.667 bits per heavy atom. The molecule has 2 heterocycles. The van der Waals surface area contributed by atoms with Gasteiger partial charge in [0.05, 0.1) is 11.4 Å². The first-order valence-electron chi connectivity index (χ1n) is 8.83. The van der Waals surface area contributed by atoms with Crippen LogP contribution in [0.2, 0.25) is 0 Å². The van der Waals surface area contributed by atoms with E-state index in [1.165, 1.54) is 0 Å². The fourth-order valence-corrected chi connectivity index (χ4v) is 3.21.